The van der Waals surface area contributed by atoms with Crippen molar-refractivity contribution in [3.05, 3.63) is 29.6 Å². The van der Waals surface area contributed by atoms with Crippen LogP contribution in [0.25, 0.3) is 0 Å². The number of nitrogens with one attached hydrogen (secondary N) is 1. The second kappa shape index (κ2) is 6.27. The van der Waals surface area contributed by atoms with Gasteiger partial charge in [-0.2, -0.15) is 0 Å². The van der Waals surface area contributed by atoms with E-state index < -0.39 is 0 Å². The Hall–Kier alpha value is -0.970. The van der Waals surface area contributed by atoms with E-state index in [4.69, 9.17) is 5.84 Å². The van der Waals surface area contributed by atoms with E-state index in [1.807, 2.05) is 12.4 Å². The summed E-state index contributed by atoms with van der Waals surface area (Å²) < 4.78 is 0. The number of likely N-dealkylation sites (N-methyl/N-ethyl adjacent to an activating group) is 1. The van der Waals surface area contributed by atoms with Crippen molar-refractivity contribution in [1.29, 1.82) is 0 Å². The Kier molecular flexibility index (Phi) is 5.26. The van der Waals surface area contributed by atoms with Crippen LogP contribution in [0.1, 0.15) is 44.9 Å². The van der Waals surface area contributed by atoms with Crippen LogP contribution in [0.5, 0.6) is 0 Å². The van der Waals surface area contributed by atoms with E-state index in [0.717, 1.165) is 24.2 Å². The van der Waals surface area contributed by atoms with Gasteiger partial charge in [-0.15, -0.1) is 0 Å². The third kappa shape index (κ3) is 3.07. The first-order chi connectivity index (χ1) is 8.47. The van der Waals surface area contributed by atoms with Crippen molar-refractivity contribution in [2.45, 2.75) is 46.2 Å². The number of hydrogen-bond donors (Lipinski definition) is 2. The molecule has 0 aliphatic rings. The van der Waals surface area contributed by atoms with Gasteiger partial charge in [-0.25, -0.2) is 0 Å². The third-order valence-corrected chi connectivity index (χ3v) is 3.68. The van der Waals surface area contributed by atoms with E-state index in [-0.39, 0.29) is 11.6 Å². The van der Waals surface area contributed by atoms with Crippen LogP contribution in [0.3, 0.4) is 0 Å². The number of hydrogen-bond acceptors (Lipinski definition) is 4. The zero-order valence-corrected chi connectivity index (χ0v) is 12.2. The molecule has 0 fully saturated rings. The smallest absolute Gasteiger partial charge is 0.0653 e. The molecule has 1 heterocycles. The van der Waals surface area contributed by atoms with Crippen LogP contribution < -0.4 is 11.3 Å². The first kappa shape index (κ1) is 15.1. The first-order valence-corrected chi connectivity index (χ1v) is 6.60. The van der Waals surface area contributed by atoms with Gasteiger partial charge in [0, 0.05) is 17.9 Å². The monoisotopic (exact) mass is 250 g/mol. The molecule has 4 heteroatoms. The topological polar surface area (TPSA) is 54.2 Å². The summed E-state index contributed by atoms with van der Waals surface area (Å²) in [4.78, 5) is 6.67. The van der Waals surface area contributed by atoms with Crippen LogP contribution in [0, 0.1) is 6.92 Å². The molecular formula is C14H26N4. The lowest BCUT2D eigenvalue weighted by Crippen LogP contribution is -2.54. The van der Waals surface area contributed by atoms with Gasteiger partial charge in [0.1, 0.15) is 0 Å². The Morgan fingerprint density at radius 1 is 1.33 bits per heavy atom. The van der Waals surface area contributed by atoms with E-state index >= 15 is 0 Å². The summed E-state index contributed by atoms with van der Waals surface area (Å²) in [5.41, 5.74) is 5.18. The Labute approximate surface area is 111 Å². The number of nitrogens with zero attached hydrogens (tertiary/aromatic N) is 2. The van der Waals surface area contributed by atoms with Gasteiger partial charge in [0.15, 0.2) is 0 Å². The zero-order valence-electron chi connectivity index (χ0n) is 12.2. The van der Waals surface area contributed by atoms with E-state index in [1.54, 1.807) is 0 Å². The molecule has 1 aromatic heterocycles. The fourth-order valence-electron chi connectivity index (χ4n) is 2.67. The van der Waals surface area contributed by atoms with Gasteiger partial charge in [0.05, 0.1) is 6.04 Å². The first-order valence-electron chi connectivity index (χ1n) is 6.60. The van der Waals surface area contributed by atoms with Crippen molar-refractivity contribution in [2.75, 3.05) is 13.1 Å². The van der Waals surface area contributed by atoms with Gasteiger partial charge in [-0.1, -0.05) is 19.9 Å². The van der Waals surface area contributed by atoms with Crippen molar-refractivity contribution >= 4 is 0 Å². The quantitative estimate of drug-likeness (QED) is 0.599. The molecule has 0 bridgehead atoms. The highest BCUT2D eigenvalue weighted by molar-refractivity contribution is 5.23. The average Bonchev–Trinajstić information content (AvgIpc) is 2.30. The summed E-state index contributed by atoms with van der Waals surface area (Å²) in [6.07, 6.45) is 3.75. The molecule has 0 aliphatic carbocycles. The fourth-order valence-corrected chi connectivity index (χ4v) is 2.67. The lowest BCUT2D eigenvalue weighted by atomic mass is 9.87. The van der Waals surface area contributed by atoms with Crippen LogP contribution in [0.2, 0.25) is 0 Å². The fraction of sp³-hybridized carbons (Fsp3) is 0.643. The van der Waals surface area contributed by atoms with Crippen LogP contribution in [0.15, 0.2) is 18.5 Å². The van der Waals surface area contributed by atoms with Crippen molar-refractivity contribution in [3.8, 4) is 0 Å². The number of aryl methyl sites for hydroxylation is 1. The van der Waals surface area contributed by atoms with Crippen molar-refractivity contribution in [2.24, 2.45) is 5.84 Å². The molecular weight excluding hydrogens is 224 g/mol. The molecule has 1 aromatic rings. The molecule has 0 saturated heterocycles. The Morgan fingerprint density at radius 3 is 2.39 bits per heavy atom. The van der Waals surface area contributed by atoms with Crippen LogP contribution in [0.4, 0.5) is 0 Å². The minimum atomic E-state index is -0.0618. The largest absolute Gasteiger partial charge is 0.297 e. The summed E-state index contributed by atoms with van der Waals surface area (Å²) >= 11 is 0. The van der Waals surface area contributed by atoms with Gasteiger partial charge >= 0.3 is 0 Å². The third-order valence-electron chi connectivity index (χ3n) is 3.68. The summed E-state index contributed by atoms with van der Waals surface area (Å²) in [7, 11) is 0. The molecule has 0 spiro atoms. The molecule has 4 nitrogen and oxygen atoms in total. The standard InChI is InChI=1S/C14H26N4/c1-6-18(7-2)14(4,5)13(17-15)12-8-11(3)9-16-10-12/h8-10,13,17H,6-7,15H2,1-5H3. The van der Waals surface area contributed by atoms with Gasteiger partial charge in [-0.3, -0.25) is 21.2 Å². The normalized spacial score (nSPS) is 13.9. The second-order valence-corrected chi connectivity index (χ2v) is 5.22. The molecule has 0 saturated carbocycles. The maximum Gasteiger partial charge on any atom is 0.0653 e. The van der Waals surface area contributed by atoms with Gasteiger partial charge in [-0.05, 0) is 45.0 Å². The van der Waals surface area contributed by atoms with Crippen LogP contribution >= 0.6 is 0 Å². The van der Waals surface area contributed by atoms with E-state index in [0.29, 0.717) is 0 Å². The lowest BCUT2D eigenvalue weighted by molar-refractivity contribution is 0.0911. The van der Waals surface area contributed by atoms with Crippen molar-refractivity contribution in [1.82, 2.24) is 15.3 Å². The zero-order chi connectivity index (χ0) is 13.8. The minimum absolute atomic E-state index is 0.0600. The SMILES string of the molecule is CCN(CC)C(C)(C)C(NN)c1cncc(C)c1. The molecule has 3 N–H and O–H groups in total. The molecule has 0 radical (unpaired) electrons. The maximum absolute atomic E-state index is 5.78. The summed E-state index contributed by atoms with van der Waals surface area (Å²) in [6, 6.07) is 2.20. The Morgan fingerprint density at radius 2 is 1.94 bits per heavy atom. The minimum Gasteiger partial charge on any atom is -0.297 e. The lowest BCUT2D eigenvalue weighted by Gasteiger charge is -2.43. The molecule has 0 aromatic carbocycles. The highest BCUT2D eigenvalue weighted by Gasteiger charge is 2.34. The van der Waals surface area contributed by atoms with Crippen molar-refractivity contribution < 1.29 is 0 Å². The van der Waals surface area contributed by atoms with E-state index in [2.05, 4.69) is 56.0 Å². The highest BCUT2D eigenvalue weighted by atomic mass is 15.3. The van der Waals surface area contributed by atoms with E-state index in [9.17, 15) is 0 Å². The number of hydrazine groups is 1. The number of pyridine rings is 1. The highest BCUT2D eigenvalue weighted by Crippen LogP contribution is 2.30. The van der Waals surface area contributed by atoms with E-state index in [1.165, 1.54) is 0 Å². The summed E-state index contributed by atoms with van der Waals surface area (Å²) in [6.45, 7) is 12.8. The molecule has 102 valence electrons. The molecule has 1 rings (SSSR count). The summed E-state index contributed by atoms with van der Waals surface area (Å²) in [5, 5.41) is 0. The second-order valence-electron chi connectivity index (χ2n) is 5.22. The molecule has 0 aliphatic heterocycles. The number of aromatic nitrogens is 1. The van der Waals surface area contributed by atoms with Gasteiger partial charge in [0.25, 0.3) is 0 Å². The van der Waals surface area contributed by atoms with Crippen molar-refractivity contribution in [3.63, 3.8) is 0 Å². The molecule has 18 heavy (non-hydrogen) atoms. The number of rotatable bonds is 6. The van der Waals surface area contributed by atoms with Crippen LogP contribution in [-0.2, 0) is 0 Å². The molecule has 1 atom stereocenters. The predicted octanol–water partition coefficient (Wildman–Crippen LogP) is 2.01. The van der Waals surface area contributed by atoms with Gasteiger partial charge in [0.2, 0.25) is 0 Å². The maximum atomic E-state index is 5.78. The molecule has 1 unspecified atom stereocenters. The Balaban J connectivity index is 3.08. The van der Waals surface area contributed by atoms with Crippen LogP contribution in [-0.4, -0.2) is 28.5 Å². The average molecular weight is 250 g/mol. The molecule has 0 amide bonds. The Bertz CT molecular complexity index is 372. The summed E-state index contributed by atoms with van der Waals surface area (Å²) in [5.74, 6) is 5.78. The predicted molar refractivity (Wildman–Crippen MR) is 76.0 cm³/mol. The number of nitrogens with two attached hydrogens (primary N) is 1. The van der Waals surface area contributed by atoms with Gasteiger partial charge < -0.3 is 0 Å².